The molecule has 4 rings (SSSR count). The van der Waals surface area contributed by atoms with Gasteiger partial charge in [-0.1, -0.05) is 29.8 Å². The van der Waals surface area contributed by atoms with Gasteiger partial charge in [-0.2, -0.15) is 0 Å². The van der Waals surface area contributed by atoms with Crippen LogP contribution in [0.1, 0.15) is 38.7 Å². The third-order valence-corrected chi connectivity index (χ3v) is 5.36. The molecule has 3 aliphatic rings. The highest BCUT2D eigenvalue weighted by Gasteiger charge is 2.57. The van der Waals surface area contributed by atoms with E-state index in [9.17, 15) is 4.79 Å². The van der Waals surface area contributed by atoms with Crippen LogP contribution >= 0.6 is 28.1 Å². The summed E-state index contributed by atoms with van der Waals surface area (Å²) in [5, 5.41) is 6.32. The van der Waals surface area contributed by atoms with E-state index in [4.69, 9.17) is 21.7 Å². The summed E-state index contributed by atoms with van der Waals surface area (Å²) < 4.78 is 12.7. The second-order valence-electron chi connectivity index (χ2n) is 6.03. The first kappa shape index (κ1) is 17.6. The Morgan fingerprint density at radius 3 is 2.58 bits per heavy atom. The number of carbonyl (C=O) groups excluding carboxylic acids is 1. The van der Waals surface area contributed by atoms with Gasteiger partial charge in [-0.3, -0.25) is 4.79 Å². The average Bonchev–Trinajstić information content (AvgIpc) is 2.85. The molecule has 2 spiro atoms. The van der Waals surface area contributed by atoms with Crippen LogP contribution in [0.25, 0.3) is 0 Å². The van der Waals surface area contributed by atoms with Crippen molar-refractivity contribution >= 4 is 39.2 Å². The van der Waals surface area contributed by atoms with Crippen LogP contribution in [-0.4, -0.2) is 29.8 Å². The van der Waals surface area contributed by atoms with Crippen molar-refractivity contribution in [3.63, 3.8) is 0 Å². The Bertz CT molecular complexity index is 676. The van der Waals surface area contributed by atoms with E-state index in [0.29, 0.717) is 24.7 Å². The summed E-state index contributed by atoms with van der Waals surface area (Å²) >= 11 is 8.66. The number of ether oxygens (including phenoxy) is 2. The summed E-state index contributed by atoms with van der Waals surface area (Å²) in [4.78, 5) is 12.7. The topological polar surface area (TPSA) is 59.6 Å². The highest BCUT2D eigenvalue weighted by molar-refractivity contribution is 9.10. The van der Waals surface area contributed by atoms with E-state index in [1.54, 1.807) is 0 Å². The lowest BCUT2D eigenvalue weighted by molar-refractivity contribution is -0.131. The lowest BCUT2D eigenvalue weighted by Gasteiger charge is -2.47. The van der Waals surface area contributed by atoms with Crippen molar-refractivity contribution in [2.75, 3.05) is 13.2 Å². The van der Waals surface area contributed by atoms with E-state index in [1.165, 1.54) is 0 Å². The minimum absolute atomic E-state index is 0.106. The first-order valence-electron chi connectivity index (χ1n) is 8.24. The molecule has 3 heterocycles. The van der Waals surface area contributed by atoms with Gasteiger partial charge in [-0.25, -0.2) is 0 Å². The Morgan fingerprint density at radius 2 is 1.96 bits per heavy atom. The third-order valence-electron chi connectivity index (χ3n) is 4.66. The number of hydrogen-bond acceptors (Lipinski definition) is 4. The molecule has 0 bridgehead atoms. The van der Waals surface area contributed by atoms with E-state index < -0.39 is 5.54 Å². The van der Waals surface area contributed by atoms with Crippen LogP contribution in [-0.2, 0) is 15.1 Å². The summed E-state index contributed by atoms with van der Waals surface area (Å²) in [5.41, 5.74) is -0.411. The maximum absolute atomic E-state index is 12.7. The van der Waals surface area contributed by atoms with Crippen molar-refractivity contribution in [1.29, 1.82) is 0 Å². The van der Waals surface area contributed by atoms with Gasteiger partial charge in [0.05, 0.1) is 13.2 Å². The standard InChI is InChI=1S/C15H15BrN2O3S.C2H6/c16-9-1-2-11-10(7-9)15(12(19)17-13(22)18-15)8-14(21-11)3-5-20-6-4-14;1-2/h1-2,7H,3-6,8H2,(H2,17,18,19,22);1-2H3. The molecule has 1 unspecified atom stereocenters. The minimum atomic E-state index is -0.855. The maximum atomic E-state index is 12.7. The normalized spacial score (nSPS) is 26.8. The van der Waals surface area contributed by atoms with Crippen molar-refractivity contribution in [3.8, 4) is 5.75 Å². The molecule has 1 aromatic carbocycles. The van der Waals surface area contributed by atoms with Crippen LogP contribution in [0.5, 0.6) is 5.75 Å². The predicted octanol–water partition coefficient (Wildman–Crippen LogP) is 3.01. The minimum Gasteiger partial charge on any atom is -0.487 e. The van der Waals surface area contributed by atoms with Crippen LogP contribution in [0.15, 0.2) is 22.7 Å². The quantitative estimate of drug-likeness (QED) is 0.641. The Kier molecular flexibility index (Phi) is 4.86. The number of amides is 1. The number of nitrogens with one attached hydrogen (secondary N) is 2. The fourth-order valence-electron chi connectivity index (χ4n) is 3.60. The van der Waals surface area contributed by atoms with Gasteiger partial charge in [-0.15, -0.1) is 0 Å². The number of rotatable bonds is 0. The lowest BCUT2D eigenvalue weighted by Crippen LogP contribution is -2.57. The highest BCUT2D eigenvalue weighted by Crippen LogP contribution is 2.49. The van der Waals surface area contributed by atoms with Crippen LogP contribution in [0.4, 0.5) is 0 Å². The average molecular weight is 413 g/mol. The fraction of sp³-hybridized carbons (Fsp3) is 0.529. The molecular weight excluding hydrogens is 392 g/mol. The van der Waals surface area contributed by atoms with E-state index >= 15 is 0 Å². The summed E-state index contributed by atoms with van der Waals surface area (Å²) in [6.45, 7) is 5.29. The van der Waals surface area contributed by atoms with Crippen LogP contribution in [0.2, 0.25) is 0 Å². The Labute approximate surface area is 155 Å². The van der Waals surface area contributed by atoms with Gasteiger partial charge in [0.1, 0.15) is 11.4 Å². The van der Waals surface area contributed by atoms with E-state index in [-0.39, 0.29) is 11.5 Å². The Morgan fingerprint density at radius 1 is 1.25 bits per heavy atom. The van der Waals surface area contributed by atoms with Gasteiger partial charge in [-0.05, 0) is 30.4 Å². The number of benzene rings is 1. The molecule has 0 aliphatic carbocycles. The number of fused-ring (bicyclic) bond motifs is 2. The molecule has 0 saturated carbocycles. The van der Waals surface area contributed by atoms with Gasteiger partial charge >= 0.3 is 0 Å². The van der Waals surface area contributed by atoms with E-state index in [0.717, 1.165) is 28.6 Å². The van der Waals surface area contributed by atoms with Crippen molar-refractivity contribution in [3.05, 3.63) is 28.2 Å². The van der Waals surface area contributed by atoms with Crippen molar-refractivity contribution in [2.24, 2.45) is 0 Å². The molecule has 0 radical (unpaired) electrons. The van der Waals surface area contributed by atoms with Crippen LogP contribution < -0.4 is 15.4 Å². The fourth-order valence-corrected chi connectivity index (χ4v) is 4.23. The summed E-state index contributed by atoms with van der Waals surface area (Å²) in [7, 11) is 0. The lowest BCUT2D eigenvalue weighted by atomic mass is 9.73. The molecule has 24 heavy (non-hydrogen) atoms. The number of hydrogen-bond donors (Lipinski definition) is 2. The zero-order valence-corrected chi connectivity index (χ0v) is 16.2. The molecule has 1 aromatic rings. The molecule has 5 nitrogen and oxygen atoms in total. The van der Waals surface area contributed by atoms with Crippen molar-refractivity contribution in [2.45, 2.75) is 44.2 Å². The van der Waals surface area contributed by atoms with Crippen LogP contribution in [0, 0.1) is 0 Å². The van der Waals surface area contributed by atoms with E-state index in [2.05, 4.69) is 26.6 Å². The SMILES string of the molecule is CC.O=C1NC(=S)NC12CC1(CCOCC1)Oc1ccc(Br)cc12. The highest BCUT2D eigenvalue weighted by atomic mass is 79.9. The zero-order valence-electron chi connectivity index (χ0n) is 13.8. The summed E-state index contributed by atoms with van der Waals surface area (Å²) in [6.07, 6.45) is 2.09. The molecule has 2 fully saturated rings. The number of thiocarbonyl (C=S) groups is 1. The van der Waals surface area contributed by atoms with Gasteiger partial charge in [0.25, 0.3) is 5.91 Å². The number of carbonyl (C=O) groups is 1. The number of halogens is 1. The van der Waals surface area contributed by atoms with Crippen LogP contribution in [0.3, 0.4) is 0 Å². The van der Waals surface area contributed by atoms with Gasteiger partial charge in [0, 0.05) is 29.3 Å². The molecule has 7 heteroatoms. The largest absolute Gasteiger partial charge is 0.487 e. The Hall–Kier alpha value is -1.18. The third kappa shape index (κ3) is 2.82. The first-order chi connectivity index (χ1) is 11.5. The second-order valence-corrected chi connectivity index (χ2v) is 7.35. The van der Waals surface area contributed by atoms with E-state index in [1.807, 2.05) is 32.0 Å². The summed E-state index contributed by atoms with van der Waals surface area (Å²) in [5.74, 6) is 0.634. The molecule has 2 N–H and O–H groups in total. The molecule has 1 atom stereocenters. The van der Waals surface area contributed by atoms with Gasteiger partial charge in [0.2, 0.25) is 0 Å². The zero-order chi connectivity index (χ0) is 17.4. The molecule has 1 amide bonds. The maximum Gasteiger partial charge on any atom is 0.256 e. The molecule has 3 aliphatic heterocycles. The molecular formula is C17H21BrN2O3S. The molecule has 0 aromatic heterocycles. The van der Waals surface area contributed by atoms with Gasteiger partial charge in [0.15, 0.2) is 10.7 Å². The van der Waals surface area contributed by atoms with Crippen molar-refractivity contribution < 1.29 is 14.3 Å². The second kappa shape index (κ2) is 6.61. The first-order valence-corrected chi connectivity index (χ1v) is 9.44. The smallest absolute Gasteiger partial charge is 0.256 e. The molecule has 2 saturated heterocycles. The predicted molar refractivity (Wildman–Crippen MR) is 99.1 cm³/mol. The summed E-state index contributed by atoms with van der Waals surface area (Å²) in [6, 6.07) is 5.77. The van der Waals surface area contributed by atoms with Gasteiger partial charge < -0.3 is 20.1 Å². The Balaban J connectivity index is 0.000000815. The monoisotopic (exact) mass is 412 g/mol. The molecule has 130 valence electrons. The van der Waals surface area contributed by atoms with Crippen molar-refractivity contribution in [1.82, 2.24) is 10.6 Å².